The molecule has 1 aromatic carbocycles. The molecule has 2 fully saturated rings. The molecule has 1 aliphatic carbocycles. The Bertz CT molecular complexity index is 722. The van der Waals surface area contributed by atoms with E-state index in [0.29, 0.717) is 29.6 Å². The zero-order valence-corrected chi connectivity index (χ0v) is 15.0. The highest BCUT2D eigenvalue weighted by atomic mass is 35.5. The molecule has 0 radical (unpaired) electrons. The summed E-state index contributed by atoms with van der Waals surface area (Å²) in [6, 6.07) is 3.61. The highest BCUT2D eigenvalue weighted by molar-refractivity contribution is 6.42. The average molecular weight is 384 g/mol. The smallest absolute Gasteiger partial charge is 0.243 e. The summed E-state index contributed by atoms with van der Waals surface area (Å²) >= 11 is 12.1. The molecule has 1 saturated heterocycles. The number of amides is 2. The van der Waals surface area contributed by atoms with Gasteiger partial charge >= 0.3 is 0 Å². The van der Waals surface area contributed by atoms with Crippen molar-refractivity contribution in [1.82, 2.24) is 15.5 Å². The van der Waals surface area contributed by atoms with Crippen LogP contribution in [-0.4, -0.2) is 33.7 Å². The van der Waals surface area contributed by atoms with Crippen LogP contribution in [0.5, 0.6) is 0 Å². The number of rotatable bonds is 4. The standard InChI is InChI=1S/C17H19Cl2N3O3/c18-12-5-9-7-22(8-10(9)6-13(12)19)14(23)3-4-17(11-1-2-11)15(24)20-16(25)21-17/h5-6,11,16,21,25H,1-4,7-8H2,(H,20,24)/t16?,17-/m0/s1. The Morgan fingerprint density at radius 1 is 1.24 bits per heavy atom. The molecule has 2 aliphatic heterocycles. The van der Waals surface area contributed by atoms with Crippen molar-refractivity contribution in [2.24, 2.45) is 5.92 Å². The van der Waals surface area contributed by atoms with Crippen molar-refractivity contribution in [3.63, 3.8) is 0 Å². The zero-order chi connectivity index (χ0) is 17.8. The first-order chi connectivity index (χ1) is 11.9. The lowest BCUT2D eigenvalue weighted by Crippen LogP contribution is -2.50. The summed E-state index contributed by atoms with van der Waals surface area (Å²) in [7, 11) is 0. The van der Waals surface area contributed by atoms with Crippen LogP contribution in [0.1, 0.15) is 36.8 Å². The number of carbonyl (C=O) groups is 2. The minimum absolute atomic E-state index is 0.0144. The van der Waals surface area contributed by atoms with Gasteiger partial charge in [0, 0.05) is 19.5 Å². The lowest BCUT2D eigenvalue weighted by atomic mass is 9.88. The maximum Gasteiger partial charge on any atom is 0.243 e. The van der Waals surface area contributed by atoms with Crippen LogP contribution in [-0.2, 0) is 22.7 Å². The molecule has 1 saturated carbocycles. The fourth-order valence-electron chi connectivity index (χ4n) is 3.90. The van der Waals surface area contributed by atoms with Crippen molar-refractivity contribution in [1.29, 1.82) is 0 Å². The van der Waals surface area contributed by atoms with Crippen LogP contribution in [0, 0.1) is 5.92 Å². The second kappa shape index (κ2) is 6.13. The number of nitrogens with zero attached hydrogens (tertiary/aromatic N) is 1. The maximum atomic E-state index is 12.7. The van der Waals surface area contributed by atoms with Gasteiger partial charge in [-0.05, 0) is 48.4 Å². The number of aliphatic hydroxyl groups is 1. The van der Waals surface area contributed by atoms with E-state index in [-0.39, 0.29) is 24.2 Å². The molecule has 25 heavy (non-hydrogen) atoms. The first-order valence-corrected chi connectivity index (χ1v) is 9.16. The number of halogens is 2. The Hall–Kier alpha value is -1.34. The summed E-state index contributed by atoms with van der Waals surface area (Å²) in [6.45, 7) is 1.01. The van der Waals surface area contributed by atoms with Gasteiger partial charge < -0.3 is 15.3 Å². The predicted molar refractivity (Wildman–Crippen MR) is 92.7 cm³/mol. The predicted octanol–water partition coefficient (Wildman–Crippen LogP) is 1.76. The third-order valence-corrected chi connectivity index (χ3v) is 6.11. The summed E-state index contributed by atoms with van der Waals surface area (Å²) < 4.78 is 0. The van der Waals surface area contributed by atoms with Gasteiger partial charge in [-0.15, -0.1) is 0 Å². The van der Waals surface area contributed by atoms with E-state index >= 15 is 0 Å². The second-order valence-corrected chi connectivity index (χ2v) is 7.87. The number of hydrogen-bond donors (Lipinski definition) is 3. The maximum absolute atomic E-state index is 12.7. The normalized spacial score (nSPS) is 28.2. The molecule has 2 amide bonds. The Morgan fingerprint density at radius 3 is 2.32 bits per heavy atom. The molecule has 0 spiro atoms. The molecule has 6 nitrogen and oxygen atoms in total. The van der Waals surface area contributed by atoms with Crippen molar-refractivity contribution < 1.29 is 14.7 Å². The minimum atomic E-state index is -1.04. The highest BCUT2D eigenvalue weighted by Crippen LogP contribution is 2.44. The van der Waals surface area contributed by atoms with E-state index in [1.54, 1.807) is 17.0 Å². The molecule has 2 heterocycles. The monoisotopic (exact) mass is 383 g/mol. The van der Waals surface area contributed by atoms with Crippen LogP contribution in [0.3, 0.4) is 0 Å². The van der Waals surface area contributed by atoms with Crippen LogP contribution in [0.25, 0.3) is 0 Å². The highest BCUT2D eigenvalue weighted by Gasteiger charge is 2.55. The van der Waals surface area contributed by atoms with Crippen LogP contribution < -0.4 is 10.6 Å². The molecule has 3 aliphatic rings. The molecule has 2 atom stereocenters. The summed E-state index contributed by atoms with van der Waals surface area (Å²) in [5.41, 5.74) is 1.19. The number of aliphatic hydroxyl groups excluding tert-OH is 1. The van der Waals surface area contributed by atoms with Gasteiger partial charge in [0.05, 0.1) is 10.0 Å². The molecule has 0 aromatic heterocycles. The van der Waals surface area contributed by atoms with E-state index in [9.17, 15) is 14.7 Å². The van der Waals surface area contributed by atoms with E-state index in [4.69, 9.17) is 23.2 Å². The zero-order valence-electron chi connectivity index (χ0n) is 13.5. The Labute approximate surface area is 155 Å². The van der Waals surface area contributed by atoms with Gasteiger partial charge in [-0.3, -0.25) is 14.9 Å². The van der Waals surface area contributed by atoms with E-state index in [0.717, 1.165) is 24.0 Å². The fourth-order valence-corrected chi connectivity index (χ4v) is 4.27. The van der Waals surface area contributed by atoms with Crippen molar-refractivity contribution in [3.8, 4) is 0 Å². The molecule has 4 rings (SSSR count). The fraction of sp³-hybridized carbons (Fsp3) is 0.529. The molecular formula is C17H19Cl2N3O3. The van der Waals surface area contributed by atoms with Crippen molar-refractivity contribution in [2.75, 3.05) is 0 Å². The molecule has 1 unspecified atom stereocenters. The second-order valence-electron chi connectivity index (χ2n) is 7.05. The molecule has 134 valence electrons. The lowest BCUT2D eigenvalue weighted by molar-refractivity contribution is -0.133. The first kappa shape index (κ1) is 17.1. The lowest BCUT2D eigenvalue weighted by Gasteiger charge is -2.27. The molecule has 0 bridgehead atoms. The van der Waals surface area contributed by atoms with E-state index < -0.39 is 11.9 Å². The summed E-state index contributed by atoms with van der Waals surface area (Å²) in [4.78, 5) is 26.7. The number of fused-ring (bicyclic) bond motifs is 1. The number of benzene rings is 1. The Balaban J connectivity index is 1.42. The Morgan fingerprint density at radius 2 is 1.84 bits per heavy atom. The van der Waals surface area contributed by atoms with Gasteiger partial charge in [-0.25, -0.2) is 0 Å². The van der Waals surface area contributed by atoms with Gasteiger partial charge in [0.15, 0.2) is 6.35 Å². The molecule has 1 aromatic rings. The van der Waals surface area contributed by atoms with Crippen LogP contribution in [0.2, 0.25) is 10.0 Å². The van der Waals surface area contributed by atoms with Gasteiger partial charge in [-0.2, -0.15) is 0 Å². The van der Waals surface area contributed by atoms with E-state index in [2.05, 4.69) is 10.6 Å². The third kappa shape index (κ3) is 3.01. The average Bonchev–Trinajstić information content (AvgIpc) is 3.27. The quantitative estimate of drug-likeness (QED) is 0.739. The SMILES string of the molecule is O=C(CC[C@@]1(C2CC2)NC(O)NC1=O)N1Cc2cc(Cl)c(Cl)cc2C1. The van der Waals surface area contributed by atoms with Gasteiger partial charge in [0.2, 0.25) is 11.8 Å². The largest absolute Gasteiger partial charge is 0.361 e. The number of nitrogens with one attached hydrogen (secondary N) is 2. The van der Waals surface area contributed by atoms with Crippen LogP contribution in [0.15, 0.2) is 12.1 Å². The minimum Gasteiger partial charge on any atom is -0.361 e. The number of carbonyl (C=O) groups excluding carboxylic acids is 2. The van der Waals surface area contributed by atoms with Crippen LogP contribution >= 0.6 is 23.2 Å². The van der Waals surface area contributed by atoms with Gasteiger partial charge in [-0.1, -0.05) is 23.2 Å². The third-order valence-electron chi connectivity index (χ3n) is 5.39. The summed E-state index contributed by atoms with van der Waals surface area (Å²) in [6.07, 6.45) is 1.47. The van der Waals surface area contributed by atoms with E-state index in [1.165, 1.54) is 0 Å². The van der Waals surface area contributed by atoms with Gasteiger partial charge in [0.1, 0.15) is 5.54 Å². The summed E-state index contributed by atoms with van der Waals surface area (Å²) in [5, 5.41) is 16.1. The topological polar surface area (TPSA) is 81.7 Å². The molecular weight excluding hydrogens is 365 g/mol. The number of hydrogen-bond acceptors (Lipinski definition) is 4. The van der Waals surface area contributed by atoms with Crippen molar-refractivity contribution >= 4 is 35.0 Å². The van der Waals surface area contributed by atoms with Gasteiger partial charge in [0.25, 0.3) is 0 Å². The van der Waals surface area contributed by atoms with Crippen molar-refractivity contribution in [3.05, 3.63) is 33.3 Å². The Kier molecular flexibility index (Phi) is 4.19. The summed E-state index contributed by atoms with van der Waals surface area (Å²) in [5.74, 6) is -0.0381. The van der Waals surface area contributed by atoms with Crippen molar-refractivity contribution in [2.45, 2.75) is 50.7 Å². The molecule has 3 N–H and O–H groups in total. The first-order valence-electron chi connectivity index (χ1n) is 8.40. The van der Waals surface area contributed by atoms with E-state index in [1.807, 2.05) is 0 Å². The van der Waals surface area contributed by atoms with Crippen LogP contribution in [0.4, 0.5) is 0 Å². The molecule has 8 heteroatoms.